The van der Waals surface area contributed by atoms with Gasteiger partial charge < -0.3 is 14.8 Å². The third-order valence-corrected chi connectivity index (χ3v) is 4.38. The Hall–Kier alpha value is -3.35. The number of hydrogen-bond donors (Lipinski definition) is 2. The Balaban J connectivity index is 1.55. The van der Waals surface area contributed by atoms with E-state index in [1.54, 1.807) is 0 Å². The third kappa shape index (κ3) is 2.77. The number of carbonyl (C=O) groups excluding carboxylic acids is 1. The molecule has 7 nitrogen and oxygen atoms in total. The molecule has 4 aromatic rings. The van der Waals surface area contributed by atoms with E-state index in [1.165, 1.54) is 0 Å². The molecule has 0 saturated heterocycles. The van der Waals surface area contributed by atoms with E-state index in [4.69, 9.17) is 4.52 Å². The first kappa shape index (κ1) is 16.1. The lowest BCUT2D eigenvalue weighted by Crippen LogP contribution is -2.24. The molecule has 3 heterocycles. The monoisotopic (exact) mass is 349 g/mol. The maximum Gasteiger partial charge on any atom is 0.253 e. The van der Waals surface area contributed by atoms with Gasteiger partial charge in [0.1, 0.15) is 11.6 Å². The van der Waals surface area contributed by atoms with Gasteiger partial charge in [0.2, 0.25) is 0 Å². The number of carbonyl (C=O) groups is 1. The second-order valence-electron chi connectivity index (χ2n) is 6.30. The predicted molar refractivity (Wildman–Crippen MR) is 97.3 cm³/mol. The number of aromatic nitrogens is 4. The van der Waals surface area contributed by atoms with Crippen molar-refractivity contribution in [2.75, 3.05) is 0 Å². The minimum atomic E-state index is -0.148. The van der Waals surface area contributed by atoms with E-state index in [2.05, 4.69) is 20.4 Å². The number of rotatable bonds is 4. The van der Waals surface area contributed by atoms with Crippen LogP contribution in [0.3, 0.4) is 0 Å². The van der Waals surface area contributed by atoms with Crippen molar-refractivity contribution in [2.24, 2.45) is 0 Å². The Bertz CT molecular complexity index is 1070. The molecule has 0 radical (unpaired) electrons. The van der Waals surface area contributed by atoms with E-state index in [0.717, 1.165) is 34.0 Å². The Kier molecular flexibility index (Phi) is 3.84. The molecule has 0 spiro atoms. The van der Waals surface area contributed by atoms with Crippen molar-refractivity contribution in [1.29, 1.82) is 0 Å². The highest BCUT2D eigenvalue weighted by Gasteiger charge is 2.18. The molecule has 1 amide bonds. The van der Waals surface area contributed by atoms with Crippen LogP contribution in [0.1, 0.15) is 33.3 Å². The van der Waals surface area contributed by atoms with E-state index in [9.17, 15) is 4.79 Å². The molecule has 0 bridgehead atoms. The van der Waals surface area contributed by atoms with Crippen molar-refractivity contribution < 1.29 is 9.32 Å². The zero-order valence-corrected chi connectivity index (χ0v) is 14.8. The molecular formula is C19H19N5O2. The Morgan fingerprint density at radius 1 is 1.23 bits per heavy atom. The Labute approximate surface area is 150 Å². The third-order valence-electron chi connectivity index (χ3n) is 4.38. The number of aryl methyl sites for hydroxylation is 2. The van der Waals surface area contributed by atoms with Crippen molar-refractivity contribution in [3.05, 3.63) is 64.9 Å². The summed E-state index contributed by atoms with van der Waals surface area (Å²) in [6.07, 6.45) is 0. The standard InChI is InChI=1S/C19H19N5O2/c1-11-8-14(13(3)24(11)18-9-12(2)26-23-18)19(25)20-10-17-21-15-6-4-5-7-16(15)22-17/h4-9H,10H2,1-3H3,(H,20,25)(H,21,22). The molecule has 0 aliphatic rings. The van der Waals surface area contributed by atoms with E-state index in [1.807, 2.05) is 61.7 Å². The van der Waals surface area contributed by atoms with Gasteiger partial charge in [0, 0.05) is 17.5 Å². The first-order chi connectivity index (χ1) is 12.5. The summed E-state index contributed by atoms with van der Waals surface area (Å²) in [4.78, 5) is 20.3. The average Bonchev–Trinajstić information content (AvgIpc) is 3.30. The largest absolute Gasteiger partial charge is 0.360 e. The fraction of sp³-hybridized carbons (Fsp3) is 0.211. The quantitative estimate of drug-likeness (QED) is 0.592. The average molecular weight is 349 g/mol. The molecular weight excluding hydrogens is 330 g/mol. The second kappa shape index (κ2) is 6.18. The van der Waals surface area contributed by atoms with Crippen molar-refractivity contribution in [2.45, 2.75) is 27.3 Å². The van der Waals surface area contributed by atoms with E-state index >= 15 is 0 Å². The number of para-hydroxylation sites is 2. The molecule has 0 atom stereocenters. The molecule has 1 aromatic carbocycles. The number of aromatic amines is 1. The molecule has 3 aromatic heterocycles. The normalized spacial score (nSPS) is 11.2. The van der Waals surface area contributed by atoms with Crippen LogP contribution in [0.2, 0.25) is 0 Å². The number of imidazole rings is 1. The zero-order chi connectivity index (χ0) is 18.3. The number of amides is 1. The molecule has 7 heteroatoms. The molecule has 2 N–H and O–H groups in total. The molecule has 132 valence electrons. The summed E-state index contributed by atoms with van der Waals surface area (Å²) in [6, 6.07) is 11.5. The van der Waals surface area contributed by atoms with Gasteiger partial charge in [0.15, 0.2) is 5.82 Å². The van der Waals surface area contributed by atoms with Crippen LogP contribution in [0.25, 0.3) is 16.9 Å². The first-order valence-electron chi connectivity index (χ1n) is 8.37. The summed E-state index contributed by atoms with van der Waals surface area (Å²) < 4.78 is 7.06. The fourth-order valence-electron chi connectivity index (χ4n) is 3.15. The SMILES string of the molecule is Cc1cc(-n2c(C)cc(C(=O)NCc3nc4ccccc4[nH]3)c2C)no1. The number of benzene rings is 1. The number of H-pyrrole nitrogens is 1. The summed E-state index contributed by atoms with van der Waals surface area (Å²) in [5, 5.41) is 6.96. The topological polar surface area (TPSA) is 88.7 Å². The van der Waals surface area contributed by atoms with Crippen LogP contribution >= 0.6 is 0 Å². The van der Waals surface area contributed by atoms with Crippen LogP contribution in [0, 0.1) is 20.8 Å². The van der Waals surface area contributed by atoms with Gasteiger partial charge in [0.25, 0.3) is 5.91 Å². The van der Waals surface area contributed by atoms with E-state index < -0.39 is 0 Å². The van der Waals surface area contributed by atoms with Crippen molar-refractivity contribution in [3.63, 3.8) is 0 Å². The van der Waals surface area contributed by atoms with Crippen LogP contribution in [-0.4, -0.2) is 25.6 Å². The zero-order valence-electron chi connectivity index (χ0n) is 14.8. The minimum absolute atomic E-state index is 0.148. The van der Waals surface area contributed by atoms with Crippen molar-refractivity contribution in [3.8, 4) is 5.82 Å². The highest BCUT2D eigenvalue weighted by molar-refractivity contribution is 5.95. The molecule has 0 aliphatic carbocycles. The summed E-state index contributed by atoms with van der Waals surface area (Å²) in [6.45, 7) is 6.01. The number of nitrogens with one attached hydrogen (secondary N) is 2. The van der Waals surface area contributed by atoms with Gasteiger partial charge in [-0.1, -0.05) is 17.3 Å². The van der Waals surface area contributed by atoms with Crippen molar-refractivity contribution in [1.82, 2.24) is 25.0 Å². The van der Waals surface area contributed by atoms with Gasteiger partial charge >= 0.3 is 0 Å². The lowest BCUT2D eigenvalue weighted by molar-refractivity contribution is 0.0949. The van der Waals surface area contributed by atoms with Gasteiger partial charge in [-0.3, -0.25) is 9.36 Å². The lowest BCUT2D eigenvalue weighted by Gasteiger charge is -2.06. The molecule has 0 saturated carbocycles. The predicted octanol–water partition coefficient (Wildman–Crippen LogP) is 3.20. The van der Waals surface area contributed by atoms with Crippen LogP contribution < -0.4 is 5.32 Å². The van der Waals surface area contributed by atoms with Crippen LogP contribution in [0.4, 0.5) is 0 Å². The molecule has 4 rings (SSSR count). The van der Waals surface area contributed by atoms with E-state index in [0.29, 0.717) is 17.9 Å². The summed E-state index contributed by atoms with van der Waals surface area (Å²) in [5.74, 6) is 1.97. The number of hydrogen-bond acceptors (Lipinski definition) is 4. The van der Waals surface area contributed by atoms with Gasteiger partial charge in [-0.05, 0) is 39.0 Å². The minimum Gasteiger partial charge on any atom is -0.360 e. The molecule has 0 fully saturated rings. The Morgan fingerprint density at radius 3 is 2.77 bits per heavy atom. The number of fused-ring (bicyclic) bond motifs is 1. The maximum absolute atomic E-state index is 12.6. The van der Waals surface area contributed by atoms with Gasteiger partial charge in [-0.15, -0.1) is 0 Å². The maximum atomic E-state index is 12.6. The molecule has 0 aliphatic heterocycles. The van der Waals surface area contributed by atoms with Crippen LogP contribution in [0.15, 0.2) is 40.9 Å². The smallest absolute Gasteiger partial charge is 0.253 e. The van der Waals surface area contributed by atoms with Gasteiger partial charge in [-0.2, -0.15) is 0 Å². The lowest BCUT2D eigenvalue weighted by atomic mass is 10.2. The summed E-state index contributed by atoms with van der Waals surface area (Å²) >= 11 is 0. The fourth-order valence-corrected chi connectivity index (χ4v) is 3.15. The van der Waals surface area contributed by atoms with Gasteiger partial charge in [0.05, 0.1) is 23.1 Å². The highest BCUT2D eigenvalue weighted by Crippen LogP contribution is 2.20. The number of nitrogens with zero attached hydrogens (tertiary/aromatic N) is 3. The summed E-state index contributed by atoms with van der Waals surface area (Å²) in [7, 11) is 0. The van der Waals surface area contributed by atoms with Crippen LogP contribution in [-0.2, 0) is 6.54 Å². The van der Waals surface area contributed by atoms with Gasteiger partial charge in [-0.25, -0.2) is 4.98 Å². The Morgan fingerprint density at radius 2 is 2.04 bits per heavy atom. The van der Waals surface area contributed by atoms with Crippen molar-refractivity contribution >= 4 is 16.9 Å². The highest BCUT2D eigenvalue weighted by atomic mass is 16.5. The first-order valence-corrected chi connectivity index (χ1v) is 8.37. The molecule has 26 heavy (non-hydrogen) atoms. The second-order valence-corrected chi connectivity index (χ2v) is 6.30. The van der Waals surface area contributed by atoms with E-state index in [-0.39, 0.29) is 5.91 Å². The van der Waals surface area contributed by atoms with Crippen LogP contribution in [0.5, 0.6) is 0 Å². The molecule has 0 unspecified atom stereocenters. The summed E-state index contributed by atoms with van der Waals surface area (Å²) in [5.41, 5.74) is 4.19.